The zero-order chi connectivity index (χ0) is 19.5. The van der Waals surface area contributed by atoms with Gasteiger partial charge in [-0.3, -0.25) is 9.59 Å². The molecule has 1 aromatic heterocycles. The van der Waals surface area contributed by atoms with Crippen molar-refractivity contribution >= 4 is 22.9 Å². The topological polar surface area (TPSA) is 66.7 Å². The van der Waals surface area contributed by atoms with Crippen LogP contribution in [0.2, 0.25) is 0 Å². The molecule has 6 heteroatoms. The Hall–Kier alpha value is -2.37. The molecule has 1 aromatic carbocycles. The second kappa shape index (κ2) is 8.33. The van der Waals surface area contributed by atoms with Gasteiger partial charge in [-0.25, -0.2) is 4.98 Å². The van der Waals surface area contributed by atoms with Gasteiger partial charge in [0, 0.05) is 44.6 Å². The minimum absolute atomic E-state index is 0.0655. The van der Waals surface area contributed by atoms with Crippen molar-refractivity contribution in [2.24, 2.45) is 5.92 Å². The van der Waals surface area contributed by atoms with Gasteiger partial charge < -0.3 is 14.2 Å². The average molecular weight is 383 g/mol. The summed E-state index contributed by atoms with van der Waals surface area (Å²) < 4.78 is 5.77. The summed E-state index contributed by atoms with van der Waals surface area (Å²) in [6.07, 6.45) is 6.59. The van der Waals surface area contributed by atoms with Crippen molar-refractivity contribution in [3.8, 4) is 0 Å². The van der Waals surface area contributed by atoms with Crippen molar-refractivity contribution < 1.29 is 14.0 Å². The molecule has 2 fully saturated rings. The van der Waals surface area contributed by atoms with Gasteiger partial charge in [-0.15, -0.1) is 0 Å². The van der Waals surface area contributed by atoms with E-state index < -0.39 is 0 Å². The van der Waals surface area contributed by atoms with Crippen LogP contribution < -0.4 is 0 Å². The fourth-order valence-corrected chi connectivity index (χ4v) is 4.25. The smallest absolute Gasteiger partial charge is 0.253 e. The molecule has 0 N–H and O–H groups in total. The molecule has 2 aliphatic rings. The van der Waals surface area contributed by atoms with Crippen LogP contribution in [0.25, 0.3) is 11.1 Å². The zero-order valence-corrected chi connectivity index (χ0v) is 16.7. The predicted molar refractivity (Wildman–Crippen MR) is 107 cm³/mol. The number of piperidine rings is 1. The molecular weight excluding hydrogens is 354 g/mol. The van der Waals surface area contributed by atoms with E-state index in [4.69, 9.17) is 4.42 Å². The van der Waals surface area contributed by atoms with E-state index >= 15 is 0 Å². The van der Waals surface area contributed by atoms with Crippen LogP contribution in [0.1, 0.15) is 61.7 Å². The Morgan fingerprint density at radius 2 is 2.07 bits per heavy atom. The van der Waals surface area contributed by atoms with Gasteiger partial charge in [0.1, 0.15) is 5.52 Å². The highest BCUT2D eigenvalue weighted by Crippen LogP contribution is 2.24. The number of nitrogens with zero attached hydrogens (tertiary/aromatic N) is 3. The maximum absolute atomic E-state index is 12.9. The predicted octanol–water partition coefficient (Wildman–Crippen LogP) is 3.65. The number of aromatic nitrogens is 1. The van der Waals surface area contributed by atoms with Crippen LogP contribution in [0.5, 0.6) is 0 Å². The van der Waals surface area contributed by atoms with Gasteiger partial charge in [0.15, 0.2) is 11.5 Å². The number of likely N-dealkylation sites (tertiary alicyclic amines) is 2. The Kier molecular flexibility index (Phi) is 5.64. The van der Waals surface area contributed by atoms with Gasteiger partial charge in [0.05, 0.1) is 0 Å². The number of hydrogen-bond acceptors (Lipinski definition) is 4. The number of rotatable bonds is 6. The number of amides is 2. The Bertz CT molecular complexity index is 852. The first-order chi connectivity index (χ1) is 13.6. The molecule has 0 atom stereocenters. The van der Waals surface area contributed by atoms with Crippen LogP contribution >= 0.6 is 0 Å². The average Bonchev–Trinajstić information content (AvgIpc) is 3.31. The summed E-state index contributed by atoms with van der Waals surface area (Å²) in [6.45, 7) is 5.40. The van der Waals surface area contributed by atoms with Gasteiger partial charge >= 0.3 is 0 Å². The van der Waals surface area contributed by atoms with Crippen LogP contribution in [0.15, 0.2) is 22.6 Å². The number of carbonyl (C=O) groups excluding carboxylic acids is 2. The highest BCUT2D eigenvalue weighted by Gasteiger charge is 2.28. The van der Waals surface area contributed by atoms with Crippen molar-refractivity contribution in [1.29, 1.82) is 0 Å². The van der Waals surface area contributed by atoms with E-state index in [1.807, 2.05) is 28.0 Å². The van der Waals surface area contributed by atoms with Gasteiger partial charge in [-0.1, -0.05) is 13.3 Å². The molecular formula is C22H29N3O3. The third-order valence-electron chi connectivity index (χ3n) is 5.97. The van der Waals surface area contributed by atoms with Crippen molar-refractivity contribution in [2.75, 3.05) is 26.2 Å². The summed E-state index contributed by atoms with van der Waals surface area (Å²) in [4.78, 5) is 33.2. The van der Waals surface area contributed by atoms with Gasteiger partial charge in [0.25, 0.3) is 5.91 Å². The molecule has 0 bridgehead atoms. The second-order valence-corrected chi connectivity index (χ2v) is 8.07. The van der Waals surface area contributed by atoms with Crippen molar-refractivity contribution in [3.63, 3.8) is 0 Å². The molecule has 150 valence electrons. The van der Waals surface area contributed by atoms with Gasteiger partial charge in [-0.2, -0.15) is 0 Å². The van der Waals surface area contributed by atoms with E-state index in [9.17, 15) is 9.59 Å². The number of carbonyl (C=O) groups is 2. The van der Waals surface area contributed by atoms with Crippen LogP contribution in [0, 0.1) is 5.92 Å². The molecule has 2 aliphatic heterocycles. The van der Waals surface area contributed by atoms with Crippen LogP contribution in [-0.4, -0.2) is 52.8 Å². The SMILES string of the molecule is CCCCc1nc2cc(C(=O)N3CCC(CN4CCCC4=O)CC3)ccc2o1. The van der Waals surface area contributed by atoms with Gasteiger partial charge in [0.2, 0.25) is 5.91 Å². The maximum atomic E-state index is 12.9. The van der Waals surface area contributed by atoms with E-state index in [2.05, 4.69) is 11.9 Å². The highest BCUT2D eigenvalue weighted by atomic mass is 16.3. The van der Waals surface area contributed by atoms with E-state index in [0.717, 1.165) is 81.7 Å². The minimum atomic E-state index is 0.0655. The molecule has 2 aromatic rings. The number of fused-ring (bicyclic) bond motifs is 1. The van der Waals surface area contributed by atoms with Crippen LogP contribution in [-0.2, 0) is 11.2 Å². The summed E-state index contributed by atoms with van der Waals surface area (Å²) in [6, 6.07) is 5.55. The number of unbranched alkanes of at least 4 members (excludes halogenated alkanes) is 1. The third kappa shape index (κ3) is 4.05. The van der Waals surface area contributed by atoms with Crippen molar-refractivity contribution in [1.82, 2.24) is 14.8 Å². The lowest BCUT2D eigenvalue weighted by atomic mass is 9.95. The Morgan fingerprint density at radius 1 is 1.25 bits per heavy atom. The largest absolute Gasteiger partial charge is 0.441 e. The Labute approximate surface area is 165 Å². The zero-order valence-electron chi connectivity index (χ0n) is 16.7. The summed E-state index contributed by atoms with van der Waals surface area (Å²) in [5.74, 6) is 1.61. The quantitative estimate of drug-likeness (QED) is 0.764. The first kappa shape index (κ1) is 19.0. The molecule has 6 nitrogen and oxygen atoms in total. The van der Waals surface area contributed by atoms with Crippen LogP contribution in [0.4, 0.5) is 0 Å². The first-order valence-corrected chi connectivity index (χ1v) is 10.6. The fraction of sp³-hybridized carbons (Fsp3) is 0.591. The van der Waals surface area contributed by atoms with E-state index in [0.29, 0.717) is 17.9 Å². The molecule has 0 saturated carbocycles. The number of benzene rings is 1. The second-order valence-electron chi connectivity index (χ2n) is 8.07. The lowest BCUT2D eigenvalue weighted by molar-refractivity contribution is -0.128. The minimum Gasteiger partial charge on any atom is -0.441 e. The summed E-state index contributed by atoms with van der Waals surface area (Å²) >= 11 is 0. The van der Waals surface area contributed by atoms with Crippen molar-refractivity contribution in [2.45, 2.75) is 51.9 Å². The molecule has 2 amide bonds. The van der Waals surface area contributed by atoms with Crippen molar-refractivity contribution in [3.05, 3.63) is 29.7 Å². The van der Waals surface area contributed by atoms with Gasteiger partial charge in [-0.05, 0) is 49.8 Å². The lowest BCUT2D eigenvalue weighted by Gasteiger charge is -2.34. The Morgan fingerprint density at radius 3 is 2.79 bits per heavy atom. The standard InChI is InChI=1S/C22H29N3O3/c1-2-3-5-20-23-18-14-17(7-8-19(18)28-20)22(27)24-12-9-16(10-13-24)15-25-11-4-6-21(25)26/h7-8,14,16H,2-6,9-13,15H2,1H3. The Balaban J connectivity index is 1.36. The molecule has 0 aliphatic carbocycles. The summed E-state index contributed by atoms with van der Waals surface area (Å²) in [5, 5.41) is 0. The third-order valence-corrected chi connectivity index (χ3v) is 5.97. The summed E-state index contributed by atoms with van der Waals surface area (Å²) in [7, 11) is 0. The molecule has 4 rings (SSSR count). The molecule has 0 spiro atoms. The lowest BCUT2D eigenvalue weighted by Crippen LogP contribution is -2.41. The normalized spacial score (nSPS) is 18.4. The molecule has 3 heterocycles. The molecule has 0 radical (unpaired) electrons. The monoisotopic (exact) mass is 383 g/mol. The first-order valence-electron chi connectivity index (χ1n) is 10.6. The highest BCUT2D eigenvalue weighted by molar-refractivity contribution is 5.97. The maximum Gasteiger partial charge on any atom is 0.253 e. The van der Waals surface area contributed by atoms with E-state index in [-0.39, 0.29) is 11.8 Å². The number of oxazole rings is 1. The fourth-order valence-electron chi connectivity index (χ4n) is 4.25. The number of aryl methyl sites for hydroxylation is 1. The number of hydrogen-bond donors (Lipinski definition) is 0. The molecule has 28 heavy (non-hydrogen) atoms. The van der Waals surface area contributed by atoms with Crippen LogP contribution in [0.3, 0.4) is 0 Å². The summed E-state index contributed by atoms with van der Waals surface area (Å²) in [5.41, 5.74) is 2.19. The molecule has 2 saturated heterocycles. The van der Waals surface area contributed by atoms with E-state index in [1.54, 1.807) is 0 Å². The van der Waals surface area contributed by atoms with E-state index in [1.165, 1.54) is 0 Å². The molecule has 0 unspecified atom stereocenters.